The van der Waals surface area contributed by atoms with E-state index in [4.69, 9.17) is 77.2 Å². The molecular formula is C84H94N4O20. The van der Waals surface area contributed by atoms with Gasteiger partial charge in [-0.1, -0.05) is 42.5 Å². The zero-order valence-electron chi connectivity index (χ0n) is 61.8. The maximum atomic E-state index is 11.5. The van der Waals surface area contributed by atoms with Gasteiger partial charge in [-0.15, -0.1) is 0 Å². The van der Waals surface area contributed by atoms with Crippen molar-refractivity contribution in [2.45, 2.75) is 38.5 Å². The molecule has 4 amide bonds. The molecule has 24 heteroatoms. The Labute approximate surface area is 629 Å². The van der Waals surface area contributed by atoms with Gasteiger partial charge in [-0.3, -0.25) is 34.8 Å². The molecule has 0 aliphatic heterocycles. The fourth-order valence-corrected chi connectivity index (χ4v) is 9.76. The van der Waals surface area contributed by atoms with Crippen LogP contribution in [0.25, 0.3) is 46.2 Å². The Balaban J connectivity index is 0.000000226. The molecule has 0 heterocycles. The molecule has 0 aliphatic carbocycles. The number of carbonyl (C=O) groups is 4. The molecule has 9 aromatic rings. The van der Waals surface area contributed by atoms with Crippen LogP contribution < -0.4 is 83.3 Å². The minimum absolute atomic E-state index is 0.129. The number of nitrogens with one attached hydrogen (secondary N) is 4. The van der Waals surface area contributed by atoms with Crippen molar-refractivity contribution in [2.75, 3.05) is 96.5 Å². The first-order valence-corrected chi connectivity index (χ1v) is 34.4. The third-order valence-electron chi connectivity index (χ3n) is 15.6. The summed E-state index contributed by atoms with van der Waals surface area (Å²) >= 11 is 0. The molecule has 0 aromatic heterocycles. The van der Waals surface area contributed by atoms with E-state index in [0.29, 0.717) is 91.7 Å². The van der Waals surface area contributed by atoms with Gasteiger partial charge in [0.1, 0.15) is 74.7 Å². The van der Waals surface area contributed by atoms with Gasteiger partial charge in [0.2, 0.25) is 5.91 Å². The van der Waals surface area contributed by atoms with Gasteiger partial charge in [-0.05, 0) is 211 Å². The molecule has 0 saturated carbocycles. The lowest BCUT2D eigenvalue weighted by Crippen LogP contribution is -2.14. The second kappa shape index (κ2) is 48.4. The summed E-state index contributed by atoms with van der Waals surface area (Å²) in [6.07, 6.45) is 16.7. The molecule has 0 bridgehead atoms. The van der Waals surface area contributed by atoms with Gasteiger partial charge in [0.05, 0.1) is 89.4 Å². The molecule has 0 radical (unpaired) electrons. The molecule has 570 valence electrons. The smallest absolute Gasteiger partial charge is 0.267 e. The fraction of sp³-hybridized carbons (Fsp3) is 0.238. The SMILES string of the molecule is CNC(=O)/C=C/c1ccc(OC)cc1-c1ccc2ccccc2c1.COc1ccc(OCCCCCOc2cc(OC)ccc2/C=C/C(=O)NO)cc1.COc1ccc(OCCCCOc2cc(OC)ccc2/C=C/C(=O)NO)cc1.COc1ccc(OCCCOc2cc(OC)ccc2/C=C/C(=O)NO)cc1. The largest absolute Gasteiger partial charge is 0.497 e. The van der Waals surface area contributed by atoms with Gasteiger partial charge in [0, 0.05) is 72.7 Å². The summed E-state index contributed by atoms with van der Waals surface area (Å²) in [7, 11) is 12.9. The second-order valence-electron chi connectivity index (χ2n) is 22.8. The van der Waals surface area contributed by atoms with E-state index in [1.165, 1.54) is 35.1 Å². The van der Waals surface area contributed by atoms with Crippen molar-refractivity contribution < 1.29 is 96.4 Å². The number of ether oxygens (including phenoxy) is 13. The number of hydrogen-bond acceptors (Lipinski definition) is 20. The van der Waals surface area contributed by atoms with Crippen molar-refractivity contribution in [1.82, 2.24) is 21.8 Å². The van der Waals surface area contributed by atoms with E-state index in [2.05, 4.69) is 35.6 Å². The third kappa shape index (κ3) is 30.2. The van der Waals surface area contributed by atoms with Gasteiger partial charge in [0.25, 0.3) is 17.7 Å². The quantitative estimate of drug-likeness (QED) is 0.00824. The Morgan fingerprint density at radius 2 is 0.593 bits per heavy atom. The Morgan fingerprint density at radius 1 is 0.296 bits per heavy atom. The average molecular weight is 1480 g/mol. The van der Waals surface area contributed by atoms with Crippen LogP contribution in [0, 0.1) is 0 Å². The van der Waals surface area contributed by atoms with E-state index in [-0.39, 0.29) is 5.91 Å². The molecule has 9 rings (SSSR count). The normalized spacial score (nSPS) is 10.6. The summed E-state index contributed by atoms with van der Waals surface area (Å²) in [4.78, 5) is 45.0. The maximum Gasteiger partial charge on any atom is 0.267 e. The van der Waals surface area contributed by atoms with Gasteiger partial charge < -0.3 is 66.9 Å². The molecule has 0 aliphatic rings. The number of likely N-dealkylation sites (N-methyl/N-ethyl adjacent to an activating group) is 1. The fourth-order valence-electron chi connectivity index (χ4n) is 9.76. The molecular weight excluding hydrogens is 1380 g/mol. The Hall–Kier alpha value is -12.6. The first kappa shape index (κ1) is 84.3. The maximum absolute atomic E-state index is 11.5. The molecule has 0 saturated heterocycles. The van der Waals surface area contributed by atoms with Crippen LogP contribution in [-0.2, 0) is 19.2 Å². The summed E-state index contributed by atoms with van der Waals surface area (Å²) in [5.74, 6) is 7.30. The van der Waals surface area contributed by atoms with Crippen LogP contribution in [0.1, 0.15) is 60.8 Å². The molecule has 0 spiro atoms. The Bertz CT molecular complexity index is 4340. The highest BCUT2D eigenvalue weighted by atomic mass is 16.5. The number of amides is 4. The predicted molar refractivity (Wildman–Crippen MR) is 415 cm³/mol. The summed E-state index contributed by atoms with van der Waals surface area (Å²) in [6, 6.07) is 58.7. The van der Waals surface area contributed by atoms with E-state index < -0.39 is 17.7 Å². The highest BCUT2D eigenvalue weighted by molar-refractivity contribution is 5.95. The third-order valence-corrected chi connectivity index (χ3v) is 15.6. The van der Waals surface area contributed by atoms with E-state index in [9.17, 15) is 19.2 Å². The van der Waals surface area contributed by atoms with E-state index in [1.54, 1.807) is 146 Å². The van der Waals surface area contributed by atoms with Crippen LogP contribution in [0.15, 0.2) is 212 Å². The van der Waals surface area contributed by atoms with E-state index in [0.717, 1.165) is 94.6 Å². The standard InChI is InChI=1S/C22H27NO6.C21H25NO6.C21H19NO2.C20H23NO6/c1-26-18-9-11-19(12-10-18)28-14-4-3-5-15-29-21-16-20(27-2)8-6-17(21)7-13-22(24)23-25;1-25-17-8-10-18(11-9-17)27-13-3-4-14-28-20-15-19(26-2)7-5-16(20)6-12-21(23)22-24;1-22-21(23)12-10-16-9-11-19(24-2)14-20(16)18-8-7-15-5-3-4-6-17(15)13-18;1-24-16-7-9-17(10-8-16)26-12-3-13-27-19-14-18(25-2)6-4-15(19)5-11-20(22)21-23/h6-13,16,25H,3-5,14-15H2,1-2H3,(H,23,24);5-12,15,24H,3-4,13-14H2,1-2H3,(H,22,23);3-14H,1-2H3,(H,22,23);4-11,14,23H,3,12-13H2,1-2H3,(H,21,22)/b13-7+;12-6+;12-10+;11-5+. The lowest BCUT2D eigenvalue weighted by atomic mass is 9.96. The molecule has 9 aromatic carbocycles. The van der Waals surface area contributed by atoms with E-state index in [1.807, 2.05) is 109 Å². The summed E-state index contributed by atoms with van der Waals surface area (Å²) in [6.45, 7) is 3.16. The zero-order chi connectivity index (χ0) is 77.5. The highest BCUT2D eigenvalue weighted by Gasteiger charge is 2.11. The van der Waals surface area contributed by atoms with Crippen LogP contribution >= 0.6 is 0 Å². The van der Waals surface area contributed by atoms with Gasteiger partial charge in [-0.2, -0.15) is 0 Å². The first-order valence-electron chi connectivity index (χ1n) is 34.4. The van der Waals surface area contributed by atoms with Crippen LogP contribution in [0.3, 0.4) is 0 Å². The van der Waals surface area contributed by atoms with Gasteiger partial charge >= 0.3 is 0 Å². The Morgan fingerprint density at radius 3 is 0.963 bits per heavy atom. The molecule has 0 atom stereocenters. The predicted octanol–water partition coefficient (Wildman–Crippen LogP) is 14.7. The van der Waals surface area contributed by atoms with Crippen molar-refractivity contribution >= 4 is 58.7 Å². The Kier molecular flexibility index (Phi) is 37.8. The first-order chi connectivity index (χ1) is 52.7. The molecule has 7 N–H and O–H groups in total. The molecule has 0 unspecified atom stereocenters. The summed E-state index contributed by atoms with van der Waals surface area (Å²) in [5.41, 5.74) is 9.85. The lowest BCUT2D eigenvalue weighted by molar-refractivity contribution is -0.124. The van der Waals surface area contributed by atoms with Crippen molar-refractivity contribution in [3.05, 3.63) is 235 Å². The van der Waals surface area contributed by atoms with Crippen LogP contribution in [0.2, 0.25) is 0 Å². The van der Waals surface area contributed by atoms with Gasteiger partial charge in [-0.25, -0.2) is 16.4 Å². The average Bonchev–Trinajstić information content (AvgIpc) is 0.804. The number of unbranched alkanes of at least 4 members (excludes halogenated alkanes) is 3. The summed E-state index contributed by atoms with van der Waals surface area (Å²) < 4.78 is 70.9. The lowest BCUT2D eigenvalue weighted by Gasteiger charge is -2.12. The minimum Gasteiger partial charge on any atom is -0.497 e. The molecule has 108 heavy (non-hydrogen) atoms. The number of benzene rings is 9. The summed E-state index contributed by atoms with van der Waals surface area (Å²) in [5, 5.41) is 30.7. The zero-order valence-corrected chi connectivity index (χ0v) is 61.8. The molecule has 24 nitrogen and oxygen atoms in total. The molecule has 0 fully saturated rings. The van der Waals surface area contributed by atoms with Crippen molar-refractivity contribution in [1.29, 1.82) is 0 Å². The van der Waals surface area contributed by atoms with Crippen LogP contribution in [0.4, 0.5) is 0 Å². The number of hydroxylamine groups is 3. The topological polar surface area (TPSA) is 297 Å². The van der Waals surface area contributed by atoms with Crippen LogP contribution in [-0.4, -0.2) is 136 Å². The number of carbonyl (C=O) groups excluding carboxylic acids is 4. The number of rotatable bonds is 37. The van der Waals surface area contributed by atoms with Crippen LogP contribution in [0.5, 0.6) is 74.7 Å². The highest BCUT2D eigenvalue weighted by Crippen LogP contribution is 2.33. The van der Waals surface area contributed by atoms with Gasteiger partial charge in [0.15, 0.2) is 0 Å². The van der Waals surface area contributed by atoms with E-state index >= 15 is 0 Å². The minimum atomic E-state index is -0.621. The second-order valence-corrected chi connectivity index (χ2v) is 22.8. The van der Waals surface area contributed by atoms with Crippen molar-refractivity contribution in [3.63, 3.8) is 0 Å². The number of fused-ring (bicyclic) bond motifs is 1. The number of hydrogen-bond donors (Lipinski definition) is 7. The number of methoxy groups -OCH3 is 7. The van der Waals surface area contributed by atoms with Crippen molar-refractivity contribution in [3.8, 4) is 85.9 Å². The monoisotopic (exact) mass is 1480 g/mol. The van der Waals surface area contributed by atoms with Crippen molar-refractivity contribution in [2.24, 2.45) is 0 Å².